The van der Waals surface area contributed by atoms with Crippen LogP contribution in [0, 0.1) is 10.1 Å². The Labute approximate surface area is 148 Å². The number of aromatic nitrogens is 4. The van der Waals surface area contributed by atoms with E-state index in [9.17, 15) is 15.3 Å². The van der Waals surface area contributed by atoms with Gasteiger partial charge in [0.1, 0.15) is 0 Å². The fraction of sp³-hybridized carbons (Fsp3) is 0.333. The monoisotopic (exact) mass is 362 g/mol. The second-order valence-electron chi connectivity index (χ2n) is 5.12. The van der Waals surface area contributed by atoms with E-state index in [2.05, 4.69) is 20.7 Å². The van der Waals surface area contributed by atoms with Crippen LogP contribution in [0.4, 0.5) is 0 Å². The van der Waals surface area contributed by atoms with E-state index in [1.54, 1.807) is 10.8 Å². The molecule has 0 radical (unpaired) electrons. The van der Waals surface area contributed by atoms with Crippen LogP contribution in [0.1, 0.15) is 20.3 Å². The van der Waals surface area contributed by atoms with Crippen molar-refractivity contribution >= 4 is 17.5 Å². The van der Waals surface area contributed by atoms with Gasteiger partial charge in [0.15, 0.2) is 0 Å². The number of oxime groups is 1. The lowest BCUT2D eigenvalue weighted by molar-refractivity contribution is -0.507. The van der Waals surface area contributed by atoms with E-state index >= 15 is 0 Å². The average molecular weight is 362 g/mol. The molecule has 0 aliphatic heterocycles. The molecule has 2 aromatic rings. The van der Waals surface area contributed by atoms with Gasteiger partial charge in [0.25, 0.3) is 0 Å². The van der Waals surface area contributed by atoms with Crippen LogP contribution >= 0.6 is 11.8 Å². The van der Waals surface area contributed by atoms with Crippen molar-refractivity contribution in [3.63, 3.8) is 0 Å². The maximum absolute atomic E-state index is 10.9. The van der Waals surface area contributed by atoms with Gasteiger partial charge in [-0.25, -0.2) is 0 Å². The summed E-state index contributed by atoms with van der Waals surface area (Å²) in [5.41, 5.74) is 1.71. The van der Waals surface area contributed by atoms with Crippen LogP contribution in [0.2, 0.25) is 0 Å². The van der Waals surface area contributed by atoms with E-state index in [0.717, 1.165) is 5.69 Å². The van der Waals surface area contributed by atoms with Crippen molar-refractivity contribution in [1.29, 1.82) is 0 Å². The van der Waals surface area contributed by atoms with E-state index in [1.165, 1.54) is 18.7 Å². The molecule has 0 saturated heterocycles. The van der Waals surface area contributed by atoms with Crippen LogP contribution in [-0.2, 0) is 0 Å². The number of rotatable bonds is 8. The summed E-state index contributed by atoms with van der Waals surface area (Å²) in [4.78, 5) is 10.6. The first-order valence-corrected chi connectivity index (χ1v) is 8.56. The van der Waals surface area contributed by atoms with Crippen molar-refractivity contribution in [1.82, 2.24) is 20.2 Å². The molecule has 1 atom stereocenters. The van der Waals surface area contributed by atoms with Gasteiger partial charge < -0.3 is 5.21 Å². The Morgan fingerprint density at radius 2 is 2.20 bits per heavy atom. The van der Waals surface area contributed by atoms with Gasteiger partial charge in [0, 0.05) is 23.2 Å². The lowest BCUT2D eigenvalue weighted by Gasteiger charge is -2.08. The van der Waals surface area contributed by atoms with Crippen molar-refractivity contribution in [3.8, 4) is 5.69 Å². The number of tetrazole rings is 1. The standard InChI is InChI=1S/C15H18N6O3S/c1-3-12(11(2)21(23)24)9-13(17-22)10-25-15-16-18-19-20(15)14-7-5-4-6-8-14/h4-9,11,22H,3,10H2,1-2H3/b12-9+,17-13+. The molecule has 1 unspecified atom stereocenters. The summed E-state index contributed by atoms with van der Waals surface area (Å²) in [6, 6.07) is 8.55. The maximum Gasteiger partial charge on any atom is 0.231 e. The summed E-state index contributed by atoms with van der Waals surface area (Å²) >= 11 is 1.28. The molecule has 9 nitrogen and oxygen atoms in total. The minimum absolute atomic E-state index is 0.275. The lowest BCUT2D eigenvalue weighted by atomic mass is 10.1. The van der Waals surface area contributed by atoms with Crippen LogP contribution in [-0.4, -0.2) is 47.8 Å². The van der Waals surface area contributed by atoms with Gasteiger partial charge in [-0.05, 0) is 35.1 Å². The van der Waals surface area contributed by atoms with Crippen molar-refractivity contribution in [3.05, 3.63) is 52.1 Å². The largest absolute Gasteiger partial charge is 0.411 e. The predicted molar refractivity (Wildman–Crippen MR) is 93.9 cm³/mol. The molecule has 0 spiro atoms. The van der Waals surface area contributed by atoms with Gasteiger partial charge >= 0.3 is 0 Å². The first-order chi connectivity index (χ1) is 12.1. The van der Waals surface area contributed by atoms with Crippen molar-refractivity contribution in [2.45, 2.75) is 31.5 Å². The highest BCUT2D eigenvalue weighted by Crippen LogP contribution is 2.19. The fourth-order valence-corrected chi connectivity index (χ4v) is 2.88. The molecule has 1 N–H and O–H groups in total. The Balaban J connectivity index is 2.12. The highest BCUT2D eigenvalue weighted by molar-refractivity contribution is 7.99. The van der Waals surface area contributed by atoms with Gasteiger partial charge in [-0.3, -0.25) is 10.1 Å². The maximum atomic E-state index is 10.9. The van der Waals surface area contributed by atoms with E-state index in [4.69, 9.17) is 0 Å². The number of benzene rings is 1. The minimum Gasteiger partial charge on any atom is -0.411 e. The van der Waals surface area contributed by atoms with E-state index in [-0.39, 0.29) is 10.7 Å². The van der Waals surface area contributed by atoms with Crippen LogP contribution in [0.15, 0.2) is 52.3 Å². The molecule has 1 aromatic carbocycles. The molecule has 0 fully saturated rings. The predicted octanol–water partition coefficient (Wildman–Crippen LogP) is 2.59. The van der Waals surface area contributed by atoms with Gasteiger partial charge in [0.05, 0.1) is 11.4 Å². The zero-order chi connectivity index (χ0) is 18.2. The summed E-state index contributed by atoms with van der Waals surface area (Å²) in [7, 11) is 0. The molecule has 1 heterocycles. The Hall–Kier alpha value is -2.75. The second kappa shape index (κ2) is 8.92. The SMILES string of the molecule is CC/C(=C\C(CSc1nnnn1-c1ccccc1)=N/O)C(C)[N+](=O)[O-]. The summed E-state index contributed by atoms with van der Waals surface area (Å²) < 4.78 is 1.57. The molecular formula is C15H18N6O3S. The highest BCUT2D eigenvalue weighted by atomic mass is 32.2. The number of allylic oxidation sites excluding steroid dienone is 1. The average Bonchev–Trinajstić information content (AvgIpc) is 3.10. The summed E-state index contributed by atoms with van der Waals surface area (Å²) in [5, 5.41) is 35.5. The van der Waals surface area contributed by atoms with Crippen LogP contribution in [0.5, 0.6) is 0 Å². The smallest absolute Gasteiger partial charge is 0.231 e. The topological polar surface area (TPSA) is 119 Å². The molecular weight excluding hydrogens is 344 g/mol. The molecule has 1 aromatic heterocycles. The number of thioether (sulfide) groups is 1. The van der Waals surface area contributed by atoms with E-state index in [1.807, 2.05) is 37.3 Å². The molecule has 0 aliphatic rings. The van der Waals surface area contributed by atoms with Crippen molar-refractivity contribution in [2.75, 3.05) is 5.75 Å². The Morgan fingerprint density at radius 3 is 2.80 bits per heavy atom. The molecule has 2 rings (SSSR count). The zero-order valence-corrected chi connectivity index (χ0v) is 14.6. The number of para-hydroxylation sites is 1. The quantitative estimate of drug-likeness (QED) is 0.252. The highest BCUT2D eigenvalue weighted by Gasteiger charge is 2.19. The molecule has 0 saturated carbocycles. The Kier molecular flexibility index (Phi) is 6.63. The summed E-state index contributed by atoms with van der Waals surface area (Å²) in [6.45, 7) is 3.33. The van der Waals surface area contributed by atoms with E-state index in [0.29, 0.717) is 22.9 Å². The third-order valence-corrected chi connectivity index (χ3v) is 4.49. The third-order valence-electron chi connectivity index (χ3n) is 3.53. The third kappa shape index (κ3) is 4.86. The second-order valence-corrected chi connectivity index (χ2v) is 6.07. The normalized spacial score (nSPS) is 13.7. The van der Waals surface area contributed by atoms with E-state index < -0.39 is 6.04 Å². The summed E-state index contributed by atoms with van der Waals surface area (Å²) in [5.74, 6) is 0.275. The first kappa shape index (κ1) is 18.6. The van der Waals surface area contributed by atoms with Crippen molar-refractivity contribution < 1.29 is 10.1 Å². The number of hydrogen-bond donors (Lipinski definition) is 1. The number of nitrogens with zero attached hydrogens (tertiary/aromatic N) is 6. The Bertz CT molecular complexity index is 775. The molecule has 0 amide bonds. The van der Waals surface area contributed by atoms with Gasteiger partial charge in [-0.15, -0.1) is 5.10 Å². The van der Waals surface area contributed by atoms with Crippen LogP contribution in [0.25, 0.3) is 5.69 Å². The molecule has 10 heteroatoms. The van der Waals surface area contributed by atoms with Gasteiger partial charge in [0.2, 0.25) is 11.2 Å². The van der Waals surface area contributed by atoms with Crippen LogP contribution < -0.4 is 0 Å². The lowest BCUT2D eigenvalue weighted by Crippen LogP contribution is -2.18. The number of hydrogen-bond acceptors (Lipinski definition) is 8. The fourth-order valence-electron chi connectivity index (χ4n) is 2.11. The minimum atomic E-state index is -0.832. The molecule has 0 aliphatic carbocycles. The van der Waals surface area contributed by atoms with Gasteiger partial charge in [-0.1, -0.05) is 42.0 Å². The molecule has 0 bridgehead atoms. The molecule has 25 heavy (non-hydrogen) atoms. The summed E-state index contributed by atoms with van der Waals surface area (Å²) in [6.07, 6.45) is 2.05. The Morgan fingerprint density at radius 1 is 1.48 bits per heavy atom. The zero-order valence-electron chi connectivity index (χ0n) is 13.8. The van der Waals surface area contributed by atoms with Gasteiger partial charge in [-0.2, -0.15) is 4.68 Å². The van der Waals surface area contributed by atoms with Crippen LogP contribution in [0.3, 0.4) is 0 Å². The van der Waals surface area contributed by atoms with Crippen molar-refractivity contribution in [2.24, 2.45) is 5.16 Å². The number of nitro groups is 1. The first-order valence-electron chi connectivity index (χ1n) is 7.58. The molecule has 132 valence electrons.